The van der Waals surface area contributed by atoms with Gasteiger partial charge in [0.1, 0.15) is 10.8 Å². The molecule has 96 valence electrons. The smallest absolute Gasteiger partial charge is 0.134 e. The van der Waals surface area contributed by atoms with E-state index in [4.69, 9.17) is 11.6 Å². The lowest BCUT2D eigenvalue weighted by molar-refractivity contribution is 0.586. The van der Waals surface area contributed by atoms with E-state index in [0.29, 0.717) is 15.6 Å². The average molecular weight is 285 g/mol. The SMILES string of the molecule is CCNC(C)c1csc(-c2c(F)cccc2Cl)n1. The Morgan fingerprint density at radius 1 is 1.50 bits per heavy atom. The van der Waals surface area contributed by atoms with Crippen molar-refractivity contribution in [3.05, 3.63) is 40.1 Å². The van der Waals surface area contributed by atoms with Gasteiger partial charge in [-0.2, -0.15) is 0 Å². The summed E-state index contributed by atoms with van der Waals surface area (Å²) in [6.45, 7) is 4.94. The molecule has 1 N–H and O–H groups in total. The summed E-state index contributed by atoms with van der Waals surface area (Å²) in [5.74, 6) is -0.334. The number of nitrogens with zero attached hydrogens (tertiary/aromatic N) is 1. The van der Waals surface area contributed by atoms with Crippen LogP contribution in [-0.2, 0) is 0 Å². The molecule has 0 saturated heterocycles. The third-order valence-electron chi connectivity index (χ3n) is 2.65. The van der Waals surface area contributed by atoms with Crippen LogP contribution in [0.4, 0.5) is 4.39 Å². The van der Waals surface area contributed by atoms with Crippen molar-refractivity contribution in [2.24, 2.45) is 0 Å². The molecular weight excluding hydrogens is 271 g/mol. The summed E-state index contributed by atoms with van der Waals surface area (Å²) in [4.78, 5) is 4.45. The van der Waals surface area contributed by atoms with E-state index in [2.05, 4.69) is 10.3 Å². The molecule has 0 bridgehead atoms. The topological polar surface area (TPSA) is 24.9 Å². The minimum atomic E-state index is -0.334. The lowest BCUT2D eigenvalue weighted by atomic mass is 10.2. The zero-order chi connectivity index (χ0) is 13.1. The Hall–Kier alpha value is -0.970. The van der Waals surface area contributed by atoms with E-state index in [9.17, 15) is 4.39 Å². The molecule has 0 aliphatic carbocycles. The second kappa shape index (κ2) is 5.78. The van der Waals surface area contributed by atoms with Crippen molar-refractivity contribution in [2.45, 2.75) is 19.9 Å². The monoisotopic (exact) mass is 284 g/mol. The normalized spacial score (nSPS) is 12.7. The van der Waals surface area contributed by atoms with Crippen molar-refractivity contribution in [3.63, 3.8) is 0 Å². The highest BCUT2D eigenvalue weighted by Crippen LogP contribution is 2.33. The predicted molar refractivity (Wildman–Crippen MR) is 74.6 cm³/mol. The summed E-state index contributed by atoms with van der Waals surface area (Å²) < 4.78 is 13.8. The minimum Gasteiger partial charge on any atom is -0.309 e. The first kappa shape index (κ1) is 13.5. The van der Waals surface area contributed by atoms with Crippen LogP contribution in [0.3, 0.4) is 0 Å². The Morgan fingerprint density at radius 3 is 2.94 bits per heavy atom. The van der Waals surface area contributed by atoms with Gasteiger partial charge in [-0.25, -0.2) is 9.37 Å². The van der Waals surface area contributed by atoms with Gasteiger partial charge in [0.25, 0.3) is 0 Å². The van der Waals surface area contributed by atoms with Gasteiger partial charge in [-0.1, -0.05) is 24.6 Å². The number of halogens is 2. The number of rotatable bonds is 4. The summed E-state index contributed by atoms with van der Waals surface area (Å²) >= 11 is 7.43. The molecule has 1 aromatic carbocycles. The Balaban J connectivity index is 2.35. The molecular formula is C13H14ClFN2S. The largest absolute Gasteiger partial charge is 0.309 e. The molecule has 0 saturated carbocycles. The molecule has 0 fully saturated rings. The fourth-order valence-electron chi connectivity index (χ4n) is 1.71. The number of thiazole rings is 1. The molecule has 0 amide bonds. The van der Waals surface area contributed by atoms with Gasteiger partial charge in [0.15, 0.2) is 0 Å². The lowest BCUT2D eigenvalue weighted by Gasteiger charge is -2.08. The first-order valence-corrected chi connectivity index (χ1v) is 7.02. The number of hydrogen-bond acceptors (Lipinski definition) is 3. The Labute approximate surface area is 115 Å². The van der Waals surface area contributed by atoms with Crippen LogP contribution in [0, 0.1) is 5.82 Å². The van der Waals surface area contributed by atoms with Gasteiger partial charge in [-0.15, -0.1) is 11.3 Å². The highest BCUT2D eigenvalue weighted by atomic mass is 35.5. The predicted octanol–water partition coefficient (Wildman–Crippen LogP) is 4.27. The maximum atomic E-state index is 13.8. The van der Waals surface area contributed by atoms with Crippen molar-refractivity contribution in [3.8, 4) is 10.6 Å². The summed E-state index contributed by atoms with van der Waals surface area (Å²) in [6.07, 6.45) is 0. The molecule has 1 unspecified atom stereocenters. The summed E-state index contributed by atoms with van der Waals surface area (Å²) in [7, 11) is 0. The van der Waals surface area contributed by atoms with E-state index in [1.165, 1.54) is 17.4 Å². The fourth-order valence-corrected chi connectivity index (χ4v) is 2.99. The van der Waals surface area contributed by atoms with Crippen molar-refractivity contribution in [1.29, 1.82) is 0 Å². The van der Waals surface area contributed by atoms with E-state index in [1.807, 2.05) is 19.2 Å². The van der Waals surface area contributed by atoms with Crippen LogP contribution in [0.15, 0.2) is 23.6 Å². The van der Waals surface area contributed by atoms with Crippen molar-refractivity contribution in [2.75, 3.05) is 6.54 Å². The lowest BCUT2D eigenvalue weighted by Crippen LogP contribution is -2.17. The van der Waals surface area contributed by atoms with Crippen LogP contribution in [-0.4, -0.2) is 11.5 Å². The van der Waals surface area contributed by atoms with Crippen molar-refractivity contribution >= 4 is 22.9 Å². The second-order valence-corrected chi connectivity index (χ2v) is 5.22. The maximum absolute atomic E-state index is 13.8. The summed E-state index contributed by atoms with van der Waals surface area (Å²) in [6, 6.07) is 4.83. The van der Waals surface area contributed by atoms with Crippen LogP contribution in [0.1, 0.15) is 25.6 Å². The van der Waals surface area contributed by atoms with Crippen molar-refractivity contribution < 1.29 is 4.39 Å². The van der Waals surface area contributed by atoms with Gasteiger partial charge in [-0.3, -0.25) is 0 Å². The Bertz CT molecular complexity index is 521. The first-order valence-electron chi connectivity index (χ1n) is 5.76. The number of nitrogens with one attached hydrogen (secondary N) is 1. The van der Waals surface area contributed by atoms with Gasteiger partial charge in [-0.05, 0) is 25.6 Å². The Morgan fingerprint density at radius 2 is 2.28 bits per heavy atom. The Kier molecular flexibility index (Phi) is 4.32. The van der Waals surface area contributed by atoms with Gasteiger partial charge in [0.2, 0.25) is 0 Å². The second-order valence-electron chi connectivity index (χ2n) is 3.95. The molecule has 1 atom stereocenters. The highest BCUT2D eigenvalue weighted by Gasteiger charge is 2.15. The minimum absolute atomic E-state index is 0.158. The van der Waals surface area contributed by atoms with Crippen LogP contribution in [0.5, 0.6) is 0 Å². The van der Waals surface area contributed by atoms with E-state index in [1.54, 1.807) is 12.1 Å². The molecule has 2 nitrogen and oxygen atoms in total. The first-order chi connectivity index (χ1) is 8.63. The standard InChI is InChI=1S/C13H14ClFN2S/c1-3-16-8(2)11-7-18-13(17-11)12-9(14)5-4-6-10(12)15/h4-8,16H,3H2,1-2H3. The molecule has 0 aliphatic heterocycles. The molecule has 2 aromatic rings. The maximum Gasteiger partial charge on any atom is 0.134 e. The molecule has 0 spiro atoms. The van der Waals surface area contributed by atoms with Crippen molar-refractivity contribution in [1.82, 2.24) is 10.3 Å². The van der Waals surface area contributed by atoms with Gasteiger partial charge in [0, 0.05) is 11.4 Å². The van der Waals surface area contributed by atoms with E-state index >= 15 is 0 Å². The zero-order valence-electron chi connectivity index (χ0n) is 10.2. The molecule has 0 aliphatic rings. The van der Waals surface area contributed by atoms with Crippen LogP contribution in [0.2, 0.25) is 5.02 Å². The molecule has 1 aromatic heterocycles. The zero-order valence-corrected chi connectivity index (χ0v) is 11.8. The van der Waals surface area contributed by atoms with Gasteiger partial charge in [0.05, 0.1) is 16.3 Å². The molecule has 0 radical (unpaired) electrons. The summed E-state index contributed by atoms with van der Waals surface area (Å²) in [5, 5.41) is 6.23. The van der Waals surface area contributed by atoms with Crippen LogP contribution in [0.25, 0.3) is 10.6 Å². The molecule has 2 rings (SSSR count). The van der Waals surface area contributed by atoms with E-state index < -0.39 is 0 Å². The summed E-state index contributed by atoms with van der Waals surface area (Å²) in [5.41, 5.74) is 1.30. The van der Waals surface area contributed by atoms with E-state index in [0.717, 1.165) is 12.2 Å². The molecule has 1 heterocycles. The number of benzene rings is 1. The van der Waals surface area contributed by atoms with Gasteiger partial charge >= 0.3 is 0 Å². The third kappa shape index (κ3) is 2.71. The number of aromatic nitrogens is 1. The quantitative estimate of drug-likeness (QED) is 0.907. The molecule has 18 heavy (non-hydrogen) atoms. The average Bonchev–Trinajstić information content (AvgIpc) is 2.78. The fraction of sp³-hybridized carbons (Fsp3) is 0.308. The van der Waals surface area contributed by atoms with Crippen LogP contribution >= 0.6 is 22.9 Å². The highest BCUT2D eigenvalue weighted by molar-refractivity contribution is 7.13. The van der Waals surface area contributed by atoms with Crippen LogP contribution < -0.4 is 5.32 Å². The van der Waals surface area contributed by atoms with Gasteiger partial charge < -0.3 is 5.32 Å². The third-order valence-corrected chi connectivity index (χ3v) is 3.85. The van der Waals surface area contributed by atoms with E-state index in [-0.39, 0.29) is 11.9 Å². The molecule has 5 heteroatoms. The number of hydrogen-bond donors (Lipinski definition) is 1.